The molecule has 1 unspecified atom stereocenters. The lowest BCUT2D eigenvalue weighted by Crippen LogP contribution is -2.46. The van der Waals surface area contributed by atoms with Crippen molar-refractivity contribution in [2.24, 2.45) is 0 Å². The van der Waals surface area contributed by atoms with E-state index in [9.17, 15) is 9.18 Å². The number of H-pyrrole nitrogens is 1. The van der Waals surface area contributed by atoms with Gasteiger partial charge in [-0.25, -0.2) is 4.39 Å². The third-order valence-electron chi connectivity index (χ3n) is 5.28. The Bertz CT molecular complexity index is 973. The molecule has 2 heterocycles. The first-order valence-corrected chi connectivity index (χ1v) is 8.58. The molecule has 0 spiro atoms. The van der Waals surface area contributed by atoms with Gasteiger partial charge in [0.15, 0.2) is 0 Å². The van der Waals surface area contributed by atoms with Crippen LogP contribution in [0.1, 0.15) is 31.9 Å². The Morgan fingerprint density at radius 3 is 2.80 bits per heavy atom. The van der Waals surface area contributed by atoms with Crippen molar-refractivity contribution in [3.8, 4) is 0 Å². The van der Waals surface area contributed by atoms with Crippen molar-refractivity contribution in [2.75, 3.05) is 4.90 Å². The fraction of sp³-hybridized carbons (Fsp3) is 0.286. The van der Waals surface area contributed by atoms with Gasteiger partial charge in [-0.05, 0) is 62.6 Å². The largest absolute Gasteiger partial charge is 0.361 e. The lowest BCUT2D eigenvalue weighted by Gasteiger charge is -2.32. The first-order valence-electron chi connectivity index (χ1n) is 8.58. The Kier molecular flexibility index (Phi) is 3.46. The fourth-order valence-electron chi connectivity index (χ4n) is 3.90. The zero-order chi connectivity index (χ0) is 17.8. The SMILES string of the molecule is CC1Cc2ccccc2N1C(=O)C(C)(C)c1c[nH]c2ccc(F)cc12. The van der Waals surface area contributed by atoms with Crippen LogP contribution < -0.4 is 4.90 Å². The second-order valence-corrected chi connectivity index (χ2v) is 7.37. The zero-order valence-electron chi connectivity index (χ0n) is 14.6. The van der Waals surface area contributed by atoms with E-state index in [1.165, 1.54) is 17.7 Å². The summed E-state index contributed by atoms with van der Waals surface area (Å²) in [6.07, 6.45) is 2.69. The molecule has 3 nitrogen and oxygen atoms in total. The van der Waals surface area contributed by atoms with E-state index in [2.05, 4.69) is 18.0 Å². The molecule has 1 aliphatic rings. The minimum absolute atomic E-state index is 0.0371. The maximum Gasteiger partial charge on any atom is 0.237 e. The van der Waals surface area contributed by atoms with Crippen LogP contribution in [-0.2, 0) is 16.6 Å². The summed E-state index contributed by atoms with van der Waals surface area (Å²) in [5, 5.41) is 0.762. The molecule has 1 aromatic heterocycles. The molecular weight excluding hydrogens is 315 g/mol. The number of carbonyl (C=O) groups excluding carboxylic acids is 1. The van der Waals surface area contributed by atoms with Crippen LogP contribution in [0.3, 0.4) is 0 Å². The van der Waals surface area contributed by atoms with Gasteiger partial charge in [-0.1, -0.05) is 18.2 Å². The van der Waals surface area contributed by atoms with Gasteiger partial charge < -0.3 is 9.88 Å². The van der Waals surface area contributed by atoms with Crippen LogP contribution in [0, 0.1) is 5.82 Å². The normalized spacial score (nSPS) is 17.1. The second-order valence-electron chi connectivity index (χ2n) is 7.37. The van der Waals surface area contributed by atoms with Gasteiger partial charge in [0, 0.05) is 28.8 Å². The number of para-hydroxylation sites is 1. The molecule has 1 amide bonds. The van der Waals surface area contributed by atoms with E-state index in [0.29, 0.717) is 0 Å². The maximum absolute atomic E-state index is 13.7. The Labute approximate surface area is 146 Å². The molecule has 3 aromatic rings. The average molecular weight is 336 g/mol. The molecule has 4 heteroatoms. The minimum Gasteiger partial charge on any atom is -0.361 e. The summed E-state index contributed by atoms with van der Waals surface area (Å²) >= 11 is 0. The first kappa shape index (κ1) is 15.9. The summed E-state index contributed by atoms with van der Waals surface area (Å²) in [5.74, 6) is -0.258. The van der Waals surface area contributed by atoms with Crippen LogP contribution >= 0.6 is 0 Å². The molecule has 25 heavy (non-hydrogen) atoms. The van der Waals surface area contributed by atoms with E-state index >= 15 is 0 Å². The van der Waals surface area contributed by atoms with Crippen molar-refractivity contribution in [2.45, 2.75) is 38.6 Å². The summed E-state index contributed by atoms with van der Waals surface area (Å²) in [4.78, 5) is 18.5. The fourth-order valence-corrected chi connectivity index (χ4v) is 3.90. The number of amides is 1. The molecule has 1 N–H and O–H groups in total. The molecular formula is C21H21FN2O. The lowest BCUT2D eigenvalue weighted by molar-refractivity contribution is -0.123. The van der Waals surface area contributed by atoms with Gasteiger partial charge in [-0.15, -0.1) is 0 Å². The summed E-state index contributed by atoms with van der Waals surface area (Å²) in [6, 6.07) is 12.8. The highest BCUT2D eigenvalue weighted by atomic mass is 19.1. The summed E-state index contributed by atoms with van der Waals surface area (Å²) in [7, 11) is 0. The molecule has 0 bridgehead atoms. The van der Waals surface area contributed by atoms with Gasteiger partial charge in [-0.3, -0.25) is 4.79 Å². The summed E-state index contributed by atoms with van der Waals surface area (Å²) < 4.78 is 13.7. The number of fused-ring (bicyclic) bond motifs is 2. The molecule has 0 saturated carbocycles. The molecule has 0 fully saturated rings. The summed E-state index contributed by atoms with van der Waals surface area (Å²) in [6.45, 7) is 5.90. The van der Waals surface area contributed by atoms with Crippen LogP contribution in [0.25, 0.3) is 10.9 Å². The Morgan fingerprint density at radius 2 is 2.00 bits per heavy atom. The Morgan fingerprint density at radius 1 is 1.24 bits per heavy atom. The molecule has 0 radical (unpaired) electrons. The van der Waals surface area contributed by atoms with E-state index in [4.69, 9.17) is 0 Å². The number of rotatable bonds is 2. The van der Waals surface area contributed by atoms with Crippen molar-refractivity contribution >= 4 is 22.5 Å². The standard InChI is InChI=1S/C21H21FN2O/c1-13-10-14-6-4-5-7-19(14)24(13)20(25)21(2,3)17-12-23-18-9-8-15(22)11-16(17)18/h4-9,11-13,23H,10H2,1-3H3. The number of nitrogens with one attached hydrogen (secondary N) is 1. The Hall–Kier alpha value is -2.62. The lowest BCUT2D eigenvalue weighted by atomic mass is 9.82. The number of nitrogens with zero attached hydrogens (tertiary/aromatic N) is 1. The molecule has 2 aromatic carbocycles. The molecule has 0 aliphatic carbocycles. The molecule has 0 saturated heterocycles. The predicted molar refractivity (Wildman–Crippen MR) is 98.4 cm³/mol. The molecule has 4 rings (SSSR count). The van der Waals surface area contributed by atoms with Crippen LogP contribution in [0.15, 0.2) is 48.7 Å². The number of aromatic nitrogens is 1. The van der Waals surface area contributed by atoms with Crippen molar-refractivity contribution in [1.82, 2.24) is 4.98 Å². The van der Waals surface area contributed by atoms with E-state index in [-0.39, 0.29) is 17.8 Å². The van der Waals surface area contributed by atoms with Gasteiger partial charge >= 0.3 is 0 Å². The van der Waals surface area contributed by atoms with Gasteiger partial charge in [-0.2, -0.15) is 0 Å². The number of aromatic amines is 1. The number of carbonyl (C=O) groups is 1. The van der Waals surface area contributed by atoms with Gasteiger partial charge in [0.1, 0.15) is 5.82 Å². The highest BCUT2D eigenvalue weighted by Gasteiger charge is 2.41. The third-order valence-corrected chi connectivity index (χ3v) is 5.28. The summed E-state index contributed by atoms with van der Waals surface area (Å²) in [5.41, 5.74) is 3.08. The molecule has 1 aliphatic heterocycles. The van der Waals surface area contributed by atoms with Crippen molar-refractivity contribution in [3.63, 3.8) is 0 Å². The Balaban J connectivity index is 1.79. The van der Waals surface area contributed by atoms with Gasteiger partial charge in [0.05, 0.1) is 5.41 Å². The van der Waals surface area contributed by atoms with E-state index in [1.807, 2.05) is 43.1 Å². The van der Waals surface area contributed by atoms with E-state index in [1.54, 1.807) is 6.07 Å². The van der Waals surface area contributed by atoms with Crippen LogP contribution in [-0.4, -0.2) is 16.9 Å². The predicted octanol–water partition coefficient (Wildman–Crippen LogP) is 4.56. The first-order chi connectivity index (χ1) is 11.9. The maximum atomic E-state index is 13.7. The van der Waals surface area contributed by atoms with Crippen molar-refractivity contribution < 1.29 is 9.18 Å². The van der Waals surface area contributed by atoms with E-state index < -0.39 is 5.41 Å². The van der Waals surface area contributed by atoms with Crippen molar-refractivity contribution in [3.05, 3.63) is 65.6 Å². The molecule has 128 valence electrons. The number of hydrogen-bond acceptors (Lipinski definition) is 1. The van der Waals surface area contributed by atoms with Crippen LogP contribution in [0.2, 0.25) is 0 Å². The second kappa shape index (κ2) is 5.45. The monoisotopic (exact) mass is 336 g/mol. The molecule has 1 atom stereocenters. The highest BCUT2D eigenvalue weighted by molar-refractivity contribution is 6.05. The average Bonchev–Trinajstić information content (AvgIpc) is 3.14. The topological polar surface area (TPSA) is 36.1 Å². The van der Waals surface area contributed by atoms with E-state index in [0.717, 1.165) is 28.6 Å². The zero-order valence-corrected chi connectivity index (χ0v) is 14.6. The van der Waals surface area contributed by atoms with Gasteiger partial charge in [0.2, 0.25) is 5.91 Å². The van der Waals surface area contributed by atoms with Crippen molar-refractivity contribution in [1.29, 1.82) is 0 Å². The quantitative estimate of drug-likeness (QED) is 0.731. The number of hydrogen-bond donors (Lipinski definition) is 1. The van der Waals surface area contributed by atoms with Crippen LogP contribution in [0.4, 0.5) is 10.1 Å². The van der Waals surface area contributed by atoms with Gasteiger partial charge in [0.25, 0.3) is 0 Å². The highest BCUT2D eigenvalue weighted by Crippen LogP contribution is 2.38. The smallest absolute Gasteiger partial charge is 0.237 e. The number of anilines is 1. The van der Waals surface area contributed by atoms with Crippen LogP contribution in [0.5, 0.6) is 0 Å². The minimum atomic E-state index is -0.766. The number of halogens is 1. The third kappa shape index (κ3) is 2.36. The number of benzene rings is 2.